The van der Waals surface area contributed by atoms with Crippen molar-refractivity contribution < 1.29 is 4.79 Å². The lowest BCUT2D eigenvalue weighted by Gasteiger charge is -2.13. The Morgan fingerprint density at radius 3 is 2.16 bits per heavy atom. The second-order valence-electron chi connectivity index (χ2n) is 4.54. The Labute approximate surface area is 123 Å². The number of carbonyl (C=O) groups is 1. The quantitative estimate of drug-likeness (QED) is 0.720. The second-order valence-corrected chi connectivity index (χ2v) is 5.35. The van der Waals surface area contributed by atoms with E-state index in [4.69, 9.17) is 23.2 Å². The van der Waals surface area contributed by atoms with Gasteiger partial charge < -0.3 is 0 Å². The van der Waals surface area contributed by atoms with Crippen LogP contribution in [0.15, 0.2) is 48.5 Å². The van der Waals surface area contributed by atoms with Crippen molar-refractivity contribution in [2.75, 3.05) is 0 Å². The molecule has 0 aliphatic heterocycles. The molecule has 1 atom stereocenters. The highest BCUT2D eigenvalue weighted by Gasteiger charge is 2.18. The zero-order chi connectivity index (χ0) is 13.8. The summed E-state index contributed by atoms with van der Waals surface area (Å²) in [6.45, 7) is 1.90. The van der Waals surface area contributed by atoms with Crippen molar-refractivity contribution in [3.8, 4) is 0 Å². The molecule has 0 aliphatic rings. The van der Waals surface area contributed by atoms with E-state index in [1.807, 2.05) is 37.3 Å². The van der Waals surface area contributed by atoms with Crippen LogP contribution in [0.2, 0.25) is 10.0 Å². The maximum absolute atomic E-state index is 12.3. The number of ketones is 1. The molecule has 19 heavy (non-hydrogen) atoms. The molecule has 0 N–H and O–H groups in total. The lowest BCUT2D eigenvalue weighted by atomic mass is 9.93. The van der Waals surface area contributed by atoms with Gasteiger partial charge in [-0.15, -0.1) is 0 Å². The van der Waals surface area contributed by atoms with E-state index in [0.717, 1.165) is 11.1 Å². The zero-order valence-corrected chi connectivity index (χ0v) is 12.1. The summed E-state index contributed by atoms with van der Waals surface area (Å²) in [5.41, 5.74) is 1.56. The molecule has 3 heteroatoms. The zero-order valence-electron chi connectivity index (χ0n) is 10.6. The highest BCUT2D eigenvalue weighted by molar-refractivity contribution is 6.36. The Kier molecular flexibility index (Phi) is 4.62. The van der Waals surface area contributed by atoms with Crippen LogP contribution in [0.1, 0.15) is 22.8 Å². The normalized spacial score (nSPS) is 12.2. The molecular weight excluding hydrogens is 279 g/mol. The summed E-state index contributed by atoms with van der Waals surface area (Å²) in [6.07, 6.45) is 0.548. The smallest absolute Gasteiger partial charge is 0.165 e. The summed E-state index contributed by atoms with van der Waals surface area (Å²) in [4.78, 5) is 12.3. The van der Waals surface area contributed by atoms with Crippen molar-refractivity contribution in [1.82, 2.24) is 0 Å². The molecule has 0 aromatic heterocycles. The molecule has 0 saturated carbocycles. The third-order valence-electron chi connectivity index (χ3n) is 3.08. The van der Waals surface area contributed by atoms with Crippen LogP contribution in [0.5, 0.6) is 0 Å². The summed E-state index contributed by atoms with van der Waals surface area (Å²) < 4.78 is 0. The minimum atomic E-state index is -0.153. The number of carbonyl (C=O) groups excluding carboxylic acids is 1. The van der Waals surface area contributed by atoms with Crippen molar-refractivity contribution in [1.29, 1.82) is 0 Å². The van der Waals surface area contributed by atoms with Crippen LogP contribution >= 0.6 is 23.2 Å². The van der Waals surface area contributed by atoms with Crippen LogP contribution in [-0.4, -0.2) is 5.78 Å². The van der Waals surface area contributed by atoms with Gasteiger partial charge in [0.25, 0.3) is 0 Å². The van der Waals surface area contributed by atoms with Crippen LogP contribution in [0.3, 0.4) is 0 Å². The average molecular weight is 293 g/mol. The number of hydrogen-bond acceptors (Lipinski definition) is 1. The fourth-order valence-corrected chi connectivity index (χ4v) is 2.56. The SMILES string of the molecule is CC(Cc1c(Cl)cccc1Cl)C(=O)c1ccccc1. The Morgan fingerprint density at radius 1 is 1.00 bits per heavy atom. The molecule has 0 bridgehead atoms. The number of Topliss-reactive ketones (excluding diaryl/α,β-unsaturated/α-hetero) is 1. The minimum Gasteiger partial charge on any atom is -0.294 e. The predicted molar refractivity (Wildman–Crippen MR) is 80.1 cm³/mol. The van der Waals surface area contributed by atoms with Gasteiger partial charge in [-0.3, -0.25) is 4.79 Å². The minimum absolute atomic E-state index is 0.108. The van der Waals surface area contributed by atoms with Crippen LogP contribution in [0, 0.1) is 5.92 Å². The maximum Gasteiger partial charge on any atom is 0.165 e. The summed E-state index contributed by atoms with van der Waals surface area (Å²) >= 11 is 12.3. The molecule has 2 rings (SSSR count). The number of benzene rings is 2. The van der Waals surface area contributed by atoms with Gasteiger partial charge in [0.05, 0.1) is 0 Å². The molecule has 1 nitrogen and oxygen atoms in total. The van der Waals surface area contributed by atoms with E-state index in [1.54, 1.807) is 18.2 Å². The van der Waals surface area contributed by atoms with E-state index >= 15 is 0 Å². The molecule has 0 heterocycles. The Morgan fingerprint density at radius 2 is 1.58 bits per heavy atom. The molecule has 0 spiro atoms. The van der Waals surface area contributed by atoms with Crippen molar-refractivity contribution in [3.63, 3.8) is 0 Å². The third-order valence-corrected chi connectivity index (χ3v) is 3.79. The van der Waals surface area contributed by atoms with Gasteiger partial charge in [-0.1, -0.05) is 66.5 Å². The van der Waals surface area contributed by atoms with Crippen molar-refractivity contribution in [2.45, 2.75) is 13.3 Å². The first kappa shape index (κ1) is 14.1. The number of rotatable bonds is 4. The Hall–Kier alpha value is -1.31. The molecule has 0 aliphatic carbocycles. The van der Waals surface area contributed by atoms with Crippen LogP contribution in [0.4, 0.5) is 0 Å². The largest absolute Gasteiger partial charge is 0.294 e. The lowest BCUT2D eigenvalue weighted by molar-refractivity contribution is 0.0929. The first-order valence-corrected chi connectivity index (χ1v) is 6.87. The van der Waals surface area contributed by atoms with E-state index in [9.17, 15) is 4.79 Å². The van der Waals surface area contributed by atoms with Gasteiger partial charge in [-0.25, -0.2) is 0 Å². The number of halogens is 2. The molecule has 0 radical (unpaired) electrons. The van der Waals surface area contributed by atoms with Gasteiger partial charge in [-0.05, 0) is 24.1 Å². The van der Waals surface area contributed by atoms with E-state index in [-0.39, 0.29) is 11.7 Å². The van der Waals surface area contributed by atoms with Crippen molar-refractivity contribution in [2.24, 2.45) is 5.92 Å². The highest BCUT2D eigenvalue weighted by Crippen LogP contribution is 2.27. The number of hydrogen-bond donors (Lipinski definition) is 0. The molecule has 2 aromatic rings. The van der Waals surface area contributed by atoms with Gasteiger partial charge in [0.15, 0.2) is 5.78 Å². The van der Waals surface area contributed by atoms with E-state index in [0.29, 0.717) is 16.5 Å². The van der Waals surface area contributed by atoms with Gasteiger partial charge in [-0.2, -0.15) is 0 Å². The lowest BCUT2D eigenvalue weighted by Crippen LogP contribution is -2.14. The van der Waals surface area contributed by atoms with E-state index in [2.05, 4.69) is 0 Å². The molecule has 98 valence electrons. The molecule has 2 aromatic carbocycles. The van der Waals surface area contributed by atoms with Crippen molar-refractivity contribution in [3.05, 3.63) is 69.7 Å². The molecule has 1 unspecified atom stereocenters. The second kappa shape index (κ2) is 6.23. The molecular formula is C16H14Cl2O. The fraction of sp³-hybridized carbons (Fsp3) is 0.188. The predicted octanol–water partition coefficient (Wildman–Crippen LogP) is 5.05. The highest BCUT2D eigenvalue weighted by atomic mass is 35.5. The van der Waals surface area contributed by atoms with Gasteiger partial charge in [0.2, 0.25) is 0 Å². The molecule has 0 saturated heterocycles. The molecule has 0 fully saturated rings. The van der Waals surface area contributed by atoms with E-state index in [1.165, 1.54) is 0 Å². The first-order valence-electron chi connectivity index (χ1n) is 6.11. The average Bonchev–Trinajstić information content (AvgIpc) is 2.43. The fourth-order valence-electron chi connectivity index (χ4n) is 2.01. The van der Waals surface area contributed by atoms with Crippen LogP contribution < -0.4 is 0 Å². The Balaban J connectivity index is 2.18. The van der Waals surface area contributed by atoms with Gasteiger partial charge >= 0.3 is 0 Å². The summed E-state index contributed by atoms with van der Waals surface area (Å²) in [5, 5.41) is 1.22. The van der Waals surface area contributed by atoms with Crippen LogP contribution in [0.25, 0.3) is 0 Å². The monoisotopic (exact) mass is 292 g/mol. The summed E-state index contributed by atoms with van der Waals surface area (Å²) in [5.74, 6) is -0.0450. The van der Waals surface area contributed by atoms with Crippen LogP contribution in [-0.2, 0) is 6.42 Å². The summed E-state index contributed by atoms with van der Waals surface area (Å²) in [7, 11) is 0. The van der Waals surface area contributed by atoms with E-state index < -0.39 is 0 Å². The first-order chi connectivity index (χ1) is 9.09. The summed E-state index contributed by atoms with van der Waals surface area (Å²) in [6, 6.07) is 14.7. The maximum atomic E-state index is 12.3. The Bertz CT molecular complexity index is 558. The van der Waals surface area contributed by atoms with Crippen molar-refractivity contribution >= 4 is 29.0 Å². The van der Waals surface area contributed by atoms with Gasteiger partial charge in [0, 0.05) is 21.5 Å². The van der Waals surface area contributed by atoms with Gasteiger partial charge in [0.1, 0.15) is 0 Å². The standard InChI is InChI=1S/C16H14Cl2O/c1-11(16(19)12-6-3-2-4-7-12)10-13-14(17)8-5-9-15(13)18/h2-9,11H,10H2,1H3. The third kappa shape index (κ3) is 3.37. The topological polar surface area (TPSA) is 17.1 Å². The molecule has 0 amide bonds.